The molecule has 22 heavy (non-hydrogen) atoms. The SMILES string of the molecule is CCCC[C@@H]1OC[C@@H](OC(C)=O)[C@H](OC(C)=O)[C@@H]1OC(C)=O. The van der Waals surface area contributed by atoms with Gasteiger partial charge in [0.2, 0.25) is 0 Å². The van der Waals surface area contributed by atoms with Gasteiger partial charge in [-0.15, -0.1) is 0 Å². The zero-order chi connectivity index (χ0) is 16.7. The minimum absolute atomic E-state index is 0.101. The first-order chi connectivity index (χ1) is 10.3. The first-order valence-corrected chi connectivity index (χ1v) is 7.48. The second kappa shape index (κ2) is 8.73. The molecule has 1 heterocycles. The number of carbonyl (C=O) groups excluding carboxylic acids is 3. The Bertz CT molecular complexity index is 407. The number of ether oxygens (including phenoxy) is 4. The lowest BCUT2D eigenvalue weighted by Gasteiger charge is -2.40. The van der Waals surface area contributed by atoms with Gasteiger partial charge < -0.3 is 18.9 Å². The van der Waals surface area contributed by atoms with Gasteiger partial charge in [0.1, 0.15) is 0 Å². The van der Waals surface area contributed by atoms with Crippen molar-refractivity contribution in [1.82, 2.24) is 0 Å². The van der Waals surface area contributed by atoms with E-state index in [-0.39, 0.29) is 12.7 Å². The first-order valence-electron chi connectivity index (χ1n) is 7.48. The molecule has 0 spiro atoms. The van der Waals surface area contributed by atoms with Crippen molar-refractivity contribution in [3.63, 3.8) is 0 Å². The van der Waals surface area contributed by atoms with Crippen LogP contribution in [-0.4, -0.2) is 48.9 Å². The molecule has 0 unspecified atom stereocenters. The topological polar surface area (TPSA) is 88.1 Å². The molecule has 1 fully saturated rings. The zero-order valence-corrected chi connectivity index (χ0v) is 13.5. The monoisotopic (exact) mass is 316 g/mol. The van der Waals surface area contributed by atoms with E-state index >= 15 is 0 Å². The number of hydrogen-bond acceptors (Lipinski definition) is 7. The van der Waals surface area contributed by atoms with Gasteiger partial charge >= 0.3 is 17.9 Å². The van der Waals surface area contributed by atoms with E-state index < -0.39 is 36.2 Å². The predicted octanol–water partition coefficient (Wildman–Crippen LogP) is 1.37. The van der Waals surface area contributed by atoms with Crippen molar-refractivity contribution in [3.05, 3.63) is 0 Å². The molecule has 1 rings (SSSR count). The molecule has 7 nitrogen and oxygen atoms in total. The Morgan fingerprint density at radius 1 is 0.955 bits per heavy atom. The summed E-state index contributed by atoms with van der Waals surface area (Å²) < 4.78 is 21.4. The Labute approximate surface area is 130 Å². The van der Waals surface area contributed by atoms with E-state index in [9.17, 15) is 14.4 Å². The van der Waals surface area contributed by atoms with E-state index in [0.29, 0.717) is 6.42 Å². The van der Waals surface area contributed by atoms with Crippen LogP contribution in [0.3, 0.4) is 0 Å². The lowest BCUT2D eigenvalue weighted by molar-refractivity contribution is -0.226. The van der Waals surface area contributed by atoms with Gasteiger partial charge in [0.15, 0.2) is 18.3 Å². The largest absolute Gasteiger partial charge is 0.456 e. The van der Waals surface area contributed by atoms with Gasteiger partial charge in [-0.1, -0.05) is 19.8 Å². The first kappa shape index (κ1) is 18.4. The Morgan fingerprint density at radius 2 is 1.50 bits per heavy atom. The number of hydrogen-bond donors (Lipinski definition) is 0. The van der Waals surface area contributed by atoms with Gasteiger partial charge in [0.05, 0.1) is 12.7 Å². The van der Waals surface area contributed by atoms with Crippen LogP contribution in [0, 0.1) is 0 Å². The second-order valence-corrected chi connectivity index (χ2v) is 5.31. The molecule has 0 bridgehead atoms. The van der Waals surface area contributed by atoms with E-state index in [2.05, 4.69) is 0 Å². The fourth-order valence-electron chi connectivity index (χ4n) is 2.47. The van der Waals surface area contributed by atoms with Gasteiger partial charge in [0, 0.05) is 20.8 Å². The molecule has 1 aliphatic heterocycles. The van der Waals surface area contributed by atoms with Crippen LogP contribution >= 0.6 is 0 Å². The molecule has 4 atom stereocenters. The highest BCUT2D eigenvalue weighted by Crippen LogP contribution is 2.27. The number of esters is 3. The van der Waals surface area contributed by atoms with Crippen molar-refractivity contribution >= 4 is 17.9 Å². The Hall–Kier alpha value is -1.63. The van der Waals surface area contributed by atoms with Crippen LogP contribution in [0.25, 0.3) is 0 Å². The maximum absolute atomic E-state index is 11.4. The molecular formula is C15H24O7. The van der Waals surface area contributed by atoms with Crippen LogP contribution in [-0.2, 0) is 33.3 Å². The van der Waals surface area contributed by atoms with Crippen molar-refractivity contribution in [3.8, 4) is 0 Å². The van der Waals surface area contributed by atoms with Crippen molar-refractivity contribution < 1.29 is 33.3 Å². The van der Waals surface area contributed by atoms with Crippen LogP contribution in [0.1, 0.15) is 47.0 Å². The fraction of sp³-hybridized carbons (Fsp3) is 0.800. The summed E-state index contributed by atoms with van der Waals surface area (Å²) in [7, 11) is 0. The number of rotatable bonds is 6. The molecule has 0 aliphatic carbocycles. The fourth-order valence-corrected chi connectivity index (χ4v) is 2.47. The Morgan fingerprint density at radius 3 is 2.00 bits per heavy atom. The smallest absolute Gasteiger partial charge is 0.303 e. The molecule has 0 N–H and O–H groups in total. The highest BCUT2D eigenvalue weighted by molar-refractivity contribution is 5.68. The molecular weight excluding hydrogens is 292 g/mol. The van der Waals surface area contributed by atoms with E-state index in [1.165, 1.54) is 20.8 Å². The van der Waals surface area contributed by atoms with Gasteiger partial charge in [-0.05, 0) is 6.42 Å². The standard InChI is InChI=1S/C15H24O7/c1-5-6-7-12-14(21-10(3)17)15(22-11(4)18)13(8-19-12)20-9(2)16/h12-15H,5-8H2,1-4H3/t12-,13+,14+,15-/m0/s1. The Balaban J connectivity index is 2.95. The normalized spacial score (nSPS) is 27.8. The highest BCUT2D eigenvalue weighted by Gasteiger charge is 2.46. The summed E-state index contributed by atoms with van der Waals surface area (Å²) >= 11 is 0. The van der Waals surface area contributed by atoms with E-state index in [0.717, 1.165) is 12.8 Å². The summed E-state index contributed by atoms with van der Waals surface area (Å²) in [5.74, 6) is -1.55. The molecule has 1 saturated heterocycles. The van der Waals surface area contributed by atoms with Gasteiger partial charge in [-0.25, -0.2) is 0 Å². The lowest BCUT2D eigenvalue weighted by atomic mass is 9.95. The summed E-state index contributed by atoms with van der Waals surface area (Å²) in [4.78, 5) is 33.9. The molecule has 7 heteroatoms. The maximum Gasteiger partial charge on any atom is 0.303 e. The molecule has 0 aromatic rings. The van der Waals surface area contributed by atoms with Crippen LogP contribution in [0.4, 0.5) is 0 Å². The molecule has 0 aromatic carbocycles. The maximum atomic E-state index is 11.4. The third-order valence-electron chi connectivity index (χ3n) is 3.29. The summed E-state index contributed by atoms with van der Waals surface area (Å²) in [6.45, 7) is 5.93. The second-order valence-electron chi connectivity index (χ2n) is 5.31. The summed E-state index contributed by atoms with van der Waals surface area (Å²) in [5.41, 5.74) is 0. The van der Waals surface area contributed by atoms with Gasteiger partial charge in [-0.2, -0.15) is 0 Å². The zero-order valence-electron chi connectivity index (χ0n) is 13.5. The van der Waals surface area contributed by atoms with Crippen molar-refractivity contribution in [2.24, 2.45) is 0 Å². The molecule has 0 aromatic heterocycles. The van der Waals surface area contributed by atoms with Crippen LogP contribution in [0.5, 0.6) is 0 Å². The molecule has 0 radical (unpaired) electrons. The van der Waals surface area contributed by atoms with Crippen molar-refractivity contribution in [2.45, 2.75) is 71.4 Å². The molecule has 0 amide bonds. The minimum atomic E-state index is -0.860. The molecule has 1 aliphatic rings. The summed E-state index contributed by atoms with van der Waals surface area (Å²) in [6, 6.07) is 0. The van der Waals surface area contributed by atoms with Gasteiger partial charge in [0.25, 0.3) is 0 Å². The average molecular weight is 316 g/mol. The van der Waals surface area contributed by atoms with Crippen molar-refractivity contribution in [1.29, 1.82) is 0 Å². The summed E-state index contributed by atoms with van der Waals surface area (Å²) in [6.07, 6.45) is -0.319. The van der Waals surface area contributed by atoms with E-state index in [1.54, 1.807) is 0 Å². The highest BCUT2D eigenvalue weighted by atomic mass is 16.6. The lowest BCUT2D eigenvalue weighted by Crippen LogP contribution is -2.57. The third-order valence-corrected chi connectivity index (χ3v) is 3.29. The summed E-state index contributed by atoms with van der Waals surface area (Å²) in [5, 5.41) is 0. The number of carbonyl (C=O) groups is 3. The average Bonchev–Trinajstić information content (AvgIpc) is 2.40. The Kier molecular flexibility index (Phi) is 7.31. The predicted molar refractivity (Wildman–Crippen MR) is 75.9 cm³/mol. The van der Waals surface area contributed by atoms with E-state index in [4.69, 9.17) is 18.9 Å². The minimum Gasteiger partial charge on any atom is -0.456 e. The van der Waals surface area contributed by atoms with Crippen molar-refractivity contribution in [2.75, 3.05) is 6.61 Å². The van der Waals surface area contributed by atoms with Crippen LogP contribution in [0.15, 0.2) is 0 Å². The van der Waals surface area contributed by atoms with Crippen LogP contribution in [0.2, 0.25) is 0 Å². The number of unbranched alkanes of at least 4 members (excludes halogenated alkanes) is 1. The molecule has 126 valence electrons. The van der Waals surface area contributed by atoms with Gasteiger partial charge in [-0.3, -0.25) is 14.4 Å². The third kappa shape index (κ3) is 5.63. The quantitative estimate of drug-likeness (QED) is 0.540. The van der Waals surface area contributed by atoms with E-state index in [1.807, 2.05) is 6.92 Å². The van der Waals surface area contributed by atoms with Crippen LogP contribution < -0.4 is 0 Å². The molecule has 0 saturated carbocycles.